The molecule has 19 heavy (non-hydrogen) atoms. The first kappa shape index (κ1) is 12.6. The smallest absolute Gasteiger partial charge is 0.268 e. The molecule has 1 amide bonds. The van der Waals surface area contributed by atoms with Crippen LogP contribution in [-0.4, -0.2) is 16.9 Å². The molecule has 0 spiro atoms. The summed E-state index contributed by atoms with van der Waals surface area (Å²) in [6.07, 6.45) is 5.41. The Kier molecular flexibility index (Phi) is 2.50. The molecule has 0 aromatic carbocycles. The van der Waals surface area contributed by atoms with E-state index >= 15 is 0 Å². The molecule has 2 aliphatic rings. The summed E-state index contributed by atoms with van der Waals surface area (Å²) in [7, 11) is 0. The van der Waals surface area contributed by atoms with Crippen LogP contribution in [0, 0.1) is 16.7 Å². The second-order valence-corrected chi connectivity index (χ2v) is 7.17. The van der Waals surface area contributed by atoms with Gasteiger partial charge >= 0.3 is 0 Å². The summed E-state index contributed by atoms with van der Waals surface area (Å²) in [5, 5.41) is 3.24. The largest absolute Gasteiger partial charge is 0.397 e. The van der Waals surface area contributed by atoms with Crippen LogP contribution in [0.2, 0.25) is 0 Å². The van der Waals surface area contributed by atoms with E-state index in [9.17, 15) is 4.79 Å². The maximum Gasteiger partial charge on any atom is 0.268 e. The fourth-order valence-corrected chi connectivity index (χ4v) is 4.41. The molecule has 2 fully saturated rings. The molecular weight excluding hydrogens is 238 g/mol. The zero-order chi connectivity index (χ0) is 13.8. The Bertz CT molecular complexity index is 514. The first-order chi connectivity index (χ1) is 8.83. The van der Waals surface area contributed by atoms with Crippen molar-refractivity contribution >= 4 is 11.6 Å². The molecule has 1 aromatic heterocycles. The number of rotatable bonds is 2. The first-order valence-electron chi connectivity index (χ1n) is 7.08. The number of H-pyrrole nitrogens is 1. The SMILES string of the molecule is CC12CCC(C1)C(C)(C)C2NC(=O)c1cc(N)c[nH]1. The zero-order valence-electron chi connectivity index (χ0n) is 11.9. The van der Waals surface area contributed by atoms with E-state index in [1.165, 1.54) is 19.3 Å². The summed E-state index contributed by atoms with van der Waals surface area (Å²) in [6, 6.07) is 1.94. The minimum atomic E-state index is -0.0384. The minimum absolute atomic E-state index is 0.0384. The molecular formula is C15H23N3O. The van der Waals surface area contributed by atoms with Gasteiger partial charge in [-0.25, -0.2) is 0 Å². The fraction of sp³-hybridized carbons (Fsp3) is 0.667. The number of nitrogens with two attached hydrogens (primary N) is 1. The third kappa shape index (κ3) is 1.77. The van der Waals surface area contributed by atoms with E-state index in [-0.39, 0.29) is 22.8 Å². The van der Waals surface area contributed by atoms with E-state index in [1.807, 2.05) is 0 Å². The first-order valence-corrected chi connectivity index (χ1v) is 7.08. The Labute approximate surface area is 114 Å². The number of carbonyl (C=O) groups is 1. The van der Waals surface area contributed by atoms with Crippen molar-refractivity contribution in [1.82, 2.24) is 10.3 Å². The van der Waals surface area contributed by atoms with Crippen molar-refractivity contribution in [2.45, 2.75) is 46.1 Å². The van der Waals surface area contributed by atoms with Gasteiger partial charge in [0.25, 0.3) is 5.91 Å². The summed E-state index contributed by atoms with van der Waals surface area (Å²) in [6.45, 7) is 6.89. The van der Waals surface area contributed by atoms with Gasteiger partial charge in [-0.05, 0) is 42.1 Å². The average molecular weight is 261 g/mol. The quantitative estimate of drug-likeness (QED) is 0.765. The minimum Gasteiger partial charge on any atom is -0.397 e. The van der Waals surface area contributed by atoms with Gasteiger partial charge in [0.1, 0.15) is 5.69 Å². The number of nitrogen functional groups attached to an aromatic ring is 1. The van der Waals surface area contributed by atoms with Gasteiger partial charge in [0.05, 0.1) is 0 Å². The van der Waals surface area contributed by atoms with Crippen molar-refractivity contribution in [2.24, 2.45) is 16.7 Å². The van der Waals surface area contributed by atoms with Crippen molar-refractivity contribution < 1.29 is 4.79 Å². The van der Waals surface area contributed by atoms with Gasteiger partial charge in [-0.3, -0.25) is 4.79 Å². The van der Waals surface area contributed by atoms with Crippen molar-refractivity contribution in [3.63, 3.8) is 0 Å². The summed E-state index contributed by atoms with van der Waals surface area (Å²) in [5.74, 6) is 0.695. The molecule has 3 atom stereocenters. The van der Waals surface area contributed by atoms with Crippen molar-refractivity contribution in [2.75, 3.05) is 5.73 Å². The lowest BCUT2D eigenvalue weighted by Gasteiger charge is -2.43. The summed E-state index contributed by atoms with van der Waals surface area (Å²) in [4.78, 5) is 15.2. The number of aromatic nitrogens is 1. The van der Waals surface area contributed by atoms with Crippen LogP contribution in [0.1, 0.15) is 50.5 Å². The molecule has 3 unspecified atom stereocenters. The van der Waals surface area contributed by atoms with Crippen molar-refractivity contribution in [3.05, 3.63) is 18.0 Å². The van der Waals surface area contributed by atoms with Crippen LogP contribution < -0.4 is 11.1 Å². The molecule has 0 radical (unpaired) electrons. The molecule has 4 nitrogen and oxygen atoms in total. The van der Waals surface area contributed by atoms with E-state index < -0.39 is 0 Å². The second kappa shape index (κ2) is 3.78. The number of aromatic amines is 1. The van der Waals surface area contributed by atoms with Crippen molar-refractivity contribution in [3.8, 4) is 0 Å². The van der Waals surface area contributed by atoms with Gasteiger partial charge in [-0.1, -0.05) is 20.8 Å². The predicted molar refractivity (Wildman–Crippen MR) is 75.7 cm³/mol. The van der Waals surface area contributed by atoms with Crippen LogP contribution in [0.5, 0.6) is 0 Å². The summed E-state index contributed by atoms with van der Waals surface area (Å²) >= 11 is 0. The normalized spacial score (nSPS) is 35.5. The highest BCUT2D eigenvalue weighted by atomic mass is 16.2. The standard InChI is InChI=1S/C15H23N3O/c1-14(2)9-4-5-15(3,7-9)13(14)18-12(19)11-6-10(16)8-17-11/h6,8-9,13,17H,4-5,7,16H2,1-3H3,(H,18,19). The summed E-state index contributed by atoms with van der Waals surface area (Å²) in [5.41, 5.74) is 7.24. The topological polar surface area (TPSA) is 70.9 Å². The predicted octanol–water partition coefficient (Wildman–Crippen LogP) is 2.54. The molecule has 4 N–H and O–H groups in total. The fourth-order valence-electron chi connectivity index (χ4n) is 4.41. The molecule has 0 aliphatic heterocycles. The number of carbonyl (C=O) groups excluding carboxylic acids is 1. The highest BCUT2D eigenvalue weighted by molar-refractivity contribution is 5.93. The van der Waals surface area contributed by atoms with Gasteiger partial charge in [0, 0.05) is 17.9 Å². The molecule has 2 aliphatic carbocycles. The summed E-state index contributed by atoms with van der Waals surface area (Å²) < 4.78 is 0. The number of hydrogen-bond acceptors (Lipinski definition) is 2. The molecule has 1 heterocycles. The third-order valence-electron chi connectivity index (χ3n) is 5.50. The number of anilines is 1. The average Bonchev–Trinajstić information content (AvgIpc) is 2.96. The second-order valence-electron chi connectivity index (χ2n) is 7.17. The molecule has 3 rings (SSSR count). The van der Waals surface area contributed by atoms with Crippen LogP contribution in [0.15, 0.2) is 12.3 Å². The maximum absolute atomic E-state index is 12.3. The van der Waals surface area contributed by atoms with E-state index in [0.29, 0.717) is 11.4 Å². The molecule has 2 saturated carbocycles. The van der Waals surface area contributed by atoms with Crippen LogP contribution in [0.25, 0.3) is 0 Å². The van der Waals surface area contributed by atoms with E-state index in [4.69, 9.17) is 5.73 Å². The molecule has 0 saturated heterocycles. The van der Waals surface area contributed by atoms with E-state index in [1.54, 1.807) is 12.3 Å². The highest BCUT2D eigenvalue weighted by Crippen LogP contribution is 2.62. The van der Waals surface area contributed by atoms with Gasteiger partial charge in [-0.15, -0.1) is 0 Å². The number of amides is 1. The third-order valence-corrected chi connectivity index (χ3v) is 5.50. The van der Waals surface area contributed by atoms with E-state index in [2.05, 4.69) is 31.1 Å². The monoisotopic (exact) mass is 261 g/mol. The van der Waals surface area contributed by atoms with E-state index in [0.717, 1.165) is 5.92 Å². The Morgan fingerprint density at radius 3 is 2.74 bits per heavy atom. The Morgan fingerprint density at radius 2 is 2.21 bits per heavy atom. The maximum atomic E-state index is 12.3. The molecule has 104 valence electrons. The van der Waals surface area contributed by atoms with Gasteiger partial charge in [0.15, 0.2) is 0 Å². The Hall–Kier alpha value is -1.45. The molecule has 2 bridgehead atoms. The molecule has 4 heteroatoms. The van der Waals surface area contributed by atoms with Crippen molar-refractivity contribution in [1.29, 1.82) is 0 Å². The van der Waals surface area contributed by atoms with Gasteiger partial charge in [0.2, 0.25) is 0 Å². The van der Waals surface area contributed by atoms with Gasteiger partial charge < -0.3 is 16.0 Å². The lowest BCUT2D eigenvalue weighted by Crippen LogP contribution is -2.52. The lowest BCUT2D eigenvalue weighted by molar-refractivity contribution is 0.0733. The lowest BCUT2D eigenvalue weighted by atomic mass is 9.68. The Morgan fingerprint density at radius 1 is 1.47 bits per heavy atom. The van der Waals surface area contributed by atoms with Crippen LogP contribution >= 0.6 is 0 Å². The highest BCUT2D eigenvalue weighted by Gasteiger charge is 2.59. The van der Waals surface area contributed by atoms with Crippen LogP contribution in [0.3, 0.4) is 0 Å². The number of nitrogens with one attached hydrogen (secondary N) is 2. The Balaban J connectivity index is 1.81. The van der Waals surface area contributed by atoms with Gasteiger partial charge in [-0.2, -0.15) is 0 Å². The van der Waals surface area contributed by atoms with Crippen LogP contribution in [-0.2, 0) is 0 Å². The number of hydrogen-bond donors (Lipinski definition) is 3. The molecule has 1 aromatic rings. The van der Waals surface area contributed by atoms with Crippen LogP contribution in [0.4, 0.5) is 5.69 Å². The zero-order valence-corrected chi connectivity index (χ0v) is 11.9. The number of fused-ring (bicyclic) bond motifs is 2.